The average Bonchev–Trinajstić information content (AvgIpc) is 2.83. The van der Waals surface area contributed by atoms with E-state index >= 15 is 0 Å². The van der Waals surface area contributed by atoms with Crippen molar-refractivity contribution >= 4 is 27.3 Å². The molecule has 0 spiro atoms. The van der Waals surface area contributed by atoms with E-state index in [1.165, 1.54) is 6.07 Å². The molecule has 0 radical (unpaired) electrons. The van der Waals surface area contributed by atoms with Gasteiger partial charge in [-0.05, 0) is 42.2 Å². The highest BCUT2D eigenvalue weighted by atomic mass is 35.5. The van der Waals surface area contributed by atoms with Crippen molar-refractivity contribution < 1.29 is 27.4 Å². The second-order valence-electron chi connectivity index (χ2n) is 8.10. The molecule has 180 valence electrons. The lowest BCUT2D eigenvalue weighted by molar-refractivity contribution is -0.00999. The summed E-state index contributed by atoms with van der Waals surface area (Å²) in [6.07, 6.45) is 1.70. The maximum absolute atomic E-state index is 14.5. The molecule has 6 nitrogen and oxygen atoms in total. The third-order valence-electron chi connectivity index (χ3n) is 5.76. The summed E-state index contributed by atoms with van der Waals surface area (Å²) in [5.74, 6) is -2.73. The number of hydrogen-bond donors (Lipinski definition) is 3. The van der Waals surface area contributed by atoms with Gasteiger partial charge in [-0.3, -0.25) is 9.62 Å². The molecule has 1 aliphatic rings. The molecule has 10 heteroatoms. The Morgan fingerprint density at radius 2 is 1.65 bits per heavy atom. The van der Waals surface area contributed by atoms with E-state index in [-0.39, 0.29) is 16.1 Å². The number of aliphatic hydroxyl groups is 1. The minimum absolute atomic E-state index is 0.00349. The standard InChI is InChI=1S/C24H23ClF2N2O4S/c25-18-11-16(24(31)29-9-5-2-6-10-29)12-22(23(18)30)34(32,33)28-21-13-17(19(26)14-20(21)27)15-7-3-1-4-8-15/h1,3-4,7-8,11-14,24,28,30-31H,2,5-6,9-10H2. The van der Waals surface area contributed by atoms with Crippen LogP contribution in [0.3, 0.4) is 0 Å². The molecular weight excluding hydrogens is 486 g/mol. The van der Waals surface area contributed by atoms with Gasteiger partial charge in [0.15, 0.2) is 5.75 Å². The Balaban J connectivity index is 1.71. The number of aromatic hydroxyl groups is 1. The quantitative estimate of drug-likeness (QED) is 0.422. The van der Waals surface area contributed by atoms with Gasteiger partial charge < -0.3 is 10.2 Å². The Morgan fingerprint density at radius 3 is 2.32 bits per heavy atom. The van der Waals surface area contributed by atoms with Gasteiger partial charge in [-0.25, -0.2) is 17.2 Å². The fourth-order valence-corrected chi connectivity index (χ4v) is 5.48. The van der Waals surface area contributed by atoms with Crippen LogP contribution in [0.25, 0.3) is 11.1 Å². The van der Waals surface area contributed by atoms with Crippen LogP contribution >= 0.6 is 11.6 Å². The number of phenolic OH excluding ortho intramolecular Hbond substituents is 1. The van der Waals surface area contributed by atoms with Gasteiger partial charge in [0, 0.05) is 24.7 Å². The summed E-state index contributed by atoms with van der Waals surface area (Å²) in [5, 5.41) is 20.8. The molecule has 3 N–H and O–H groups in total. The first kappa shape index (κ1) is 24.4. The number of aliphatic hydroxyl groups excluding tert-OH is 1. The molecule has 0 bridgehead atoms. The van der Waals surface area contributed by atoms with Gasteiger partial charge >= 0.3 is 0 Å². The fourth-order valence-electron chi connectivity index (χ4n) is 3.99. The molecule has 34 heavy (non-hydrogen) atoms. The first-order valence-electron chi connectivity index (χ1n) is 10.7. The summed E-state index contributed by atoms with van der Waals surface area (Å²) in [4.78, 5) is 1.15. The van der Waals surface area contributed by atoms with Crippen LogP contribution in [0.4, 0.5) is 14.5 Å². The van der Waals surface area contributed by atoms with Crippen molar-refractivity contribution in [3.05, 3.63) is 76.8 Å². The molecule has 0 saturated carbocycles. The summed E-state index contributed by atoms with van der Waals surface area (Å²) in [5.41, 5.74) is 0.0987. The van der Waals surface area contributed by atoms with Crippen LogP contribution in [0, 0.1) is 11.6 Å². The zero-order chi connectivity index (χ0) is 24.5. The summed E-state index contributed by atoms with van der Waals surface area (Å²) in [6.45, 7) is 1.26. The van der Waals surface area contributed by atoms with E-state index in [9.17, 15) is 27.4 Å². The topological polar surface area (TPSA) is 89.9 Å². The summed E-state index contributed by atoms with van der Waals surface area (Å²) in [6, 6.07) is 12.3. The number of benzene rings is 3. The summed E-state index contributed by atoms with van der Waals surface area (Å²) >= 11 is 6.07. The molecule has 3 aromatic rings. The first-order valence-corrected chi connectivity index (χ1v) is 12.6. The number of anilines is 1. The van der Waals surface area contributed by atoms with E-state index in [1.54, 1.807) is 35.2 Å². The van der Waals surface area contributed by atoms with Crippen molar-refractivity contribution in [1.82, 2.24) is 4.90 Å². The minimum atomic E-state index is -4.56. The lowest BCUT2D eigenvalue weighted by atomic mass is 10.0. The van der Waals surface area contributed by atoms with Crippen LogP contribution in [-0.2, 0) is 10.0 Å². The highest BCUT2D eigenvalue weighted by molar-refractivity contribution is 7.92. The molecule has 4 rings (SSSR count). The fraction of sp³-hybridized carbons (Fsp3) is 0.250. The molecule has 1 unspecified atom stereocenters. The Bertz CT molecular complexity index is 1300. The predicted molar refractivity (Wildman–Crippen MR) is 126 cm³/mol. The molecule has 0 aromatic heterocycles. The molecule has 1 heterocycles. The van der Waals surface area contributed by atoms with Crippen LogP contribution in [-0.4, -0.2) is 36.6 Å². The number of piperidine rings is 1. The van der Waals surface area contributed by atoms with Crippen LogP contribution in [0.2, 0.25) is 5.02 Å². The third kappa shape index (κ3) is 5.02. The highest BCUT2D eigenvalue weighted by Gasteiger charge is 2.27. The lowest BCUT2D eigenvalue weighted by Gasteiger charge is -2.31. The van der Waals surface area contributed by atoms with Crippen molar-refractivity contribution in [2.75, 3.05) is 17.8 Å². The van der Waals surface area contributed by atoms with Gasteiger partial charge in [0.05, 0.1) is 10.7 Å². The number of likely N-dealkylation sites (tertiary alicyclic amines) is 1. The van der Waals surface area contributed by atoms with Gasteiger partial charge in [0.1, 0.15) is 22.8 Å². The van der Waals surface area contributed by atoms with Crippen LogP contribution < -0.4 is 4.72 Å². The Labute approximate surface area is 201 Å². The number of hydrogen-bond acceptors (Lipinski definition) is 5. The molecule has 1 atom stereocenters. The Hall–Kier alpha value is -2.72. The third-order valence-corrected chi connectivity index (χ3v) is 7.43. The summed E-state index contributed by atoms with van der Waals surface area (Å²) < 4.78 is 57.2. The van der Waals surface area contributed by atoms with Gasteiger partial charge in [0.2, 0.25) is 0 Å². The number of nitrogens with one attached hydrogen (secondary N) is 1. The molecular formula is C24H23ClF2N2O4S. The second-order valence-corrected chi connectivity index (χ2v) is 10.2. The minimum Gasteiger partial charge on any atom is -0.505 e. The number of sulfonamides is 1. The van der Waals surface area contributed by atoms with Gasteiger partial charge in [0.25, 0.3) is 10.0 Å². The first-order chi connectivity index (χ1) is 16.2. The van der Waals surface area contributed by atoms with E-state index < -0.39 is 44.2 Å². The number of rotatable bonds is 6. The molecule has 0 aliphatic carbocycles. The lowest BCUT2D eigenvalue weighted by Crippen LogP contribution is -2.33. The number of nitrogens with zero attached hydrogens (tertiary/aromatic N) is 1. The van der Waals surface area contributed by atoms with E-state index in [2.05, 4.69) is 4.72 Å². The number of halogens is 3. The molecule has 0 amide bonds. The Morgan fingerprint density at radius 1 is 0.971 bits per heavy atom. The summed E-state index contributed by atoms with van der Waals surface area (Å²) in [7, 11) is -4.56. The van der Waals surface area contributed by atoms with Crippen molar-refractivity contribution in [3.63, 3.8) is 0 Å². The van der Waals surface area contributed by atoms with E-state index in [1.807, 2.05) is 0 Å². The van der Waals surface area contributed by atoms with Crippen LogP contribution in [0.1, 0.15) is 31.1 Å². The second kappa shape index (κ2) is 9.87. The van der Waals surface area contributed by atoms with Crippen molar-refractivity contribution in [2.24, 2.45) is 0 Å². The molecule has 3 aromatic carbocycles. The van der Waals surface area contributed by atoms with E-state index in [4.69, 9.17) is 11.6 Å². The maximum atomic E-state index is 14.5. The smallest absolute Gasteiger partial charge is 0.265 e. The largest absolute Gasteiger partial charge is 0.505 e. The monoisotopic (exact) mass is 508 g/mol. The average molecular weight is 509 g/mol. The van der Waals surface area contributed by atoms with Gasteiger partial charge in [-0.2, -0.15) is 0 Å². The van der Waals surface area contributed by atoms with Gasteiger partial charge in [-0.1, -0.05) is 48.4 Å². The molecule has 1 saturated heterocycles. The van der Waals surface area contributed by atoms with Crippen molar-refractivity contribution in [2.45, 2.75) is 30.4 Å². The van der Waals surface area contributed by atoms with Crippen LogP contribution in [0.5, 0.6) is 5.75 Å². The van der Waals surface area contributed by atoms with Gasteiger partial charge in [-0.15, -0.1) is 0 Å². The Kier molecular flexibility index (Phi) is 7.09. The molecule has 1 fully saturated rings. The van der Waals surface area contributed by atoms with Crippen molar-refractivity contribution in [1.29, 1.82) is 0 Å². The SMILES string of the molecule is O=S(=O)(Nc1cc(-c2ccccc2)c(F)cc1F)c1cc(C(O)N2CCCCC2)cc(Cl)c1O. The molecule has 1 aliphatic heterocycles. The zero-order valence-corrected chi connectivity index (χ0v) is 19.6. The highest BCUT2D eigenvalue weighted by Crippen LogP contribution is 2.37. The van der Waals surface area contributed by atoms with Crippen LogP contribution in [0.15, 0.2) is 59.5 Å². The van der Waals surface area contributed by atoms with E-state index in [0.717, 1.165) is 31.4 Å². The number of phenols is 1. The zero-order valence-electron chi connectivity index (χ0n) is 18.0. The predicted octanol–water partition coefficient (Wildman–Crippen LogP) is 5.27. The van der Waals surface area contributed by atoms with E-state index in [0.29, 0.717) is 24.7 Å². The normalized spacial score (nSPS) is 15.8. The van der Waals surface area contributed by atoms with Crippen molar-refractivity contribution in [3.8, 4) is 16.9 Å². The maximum Gasteiger partial charge on any atom is 0.265 e.